The molecule has 0 aliphatic carbocycles. The van der Waals surface area contributed by atoms with Crippen LogP contribution < -0.4 is 10.6 Å². The van der Waals surface area contributed by atoms with Crippen LogP contribution in [-0.4, -0.2) is 66.8 Å². The molecular formula is C31H26N2O9. The zero-order valence-electron chi connectivity index (χ0n) is 22.1. The molecule has 5 rings (SSSR count). The molecule has 0 saturated carbocycles. The lowest BCUT2D eigenvalue weighted by Gasteiger charge is -2.31. The molecule has 2 saturated heterocycles. The summed E-state index contributed by atoms with van der Waals surface area (Å²) in [5, 5.41) is 4.87. The number of esters is 3. The molecule has 11 heteroatoms. The van der Waals surface area contributed by atoms with Crippen LogP contribution in [-0.2, 0) is 28.5 Å². The summed E-state index contributed by atoms with van der Waals surface area (Å²) in [6.45, 7) is 3.07. The molecule has 2 heterocycles. The van der Waals surface area contributed by atoms with E-state index in [1.807, 2.05) is 0 Å². The number of amides is 2. The minimum Gasteiger partial charge on any atom is -0.459 e. The zero-order chi connectivity index (χ0) is 29.6. The van der Waals surface area contributed by atoms with E-state index >= 15 is 0 Å². The Morgan fingerprint density at radius 3 is 1.71 bits per heavy atom. The maximum absolute atomic E-state index is 13.2. The molecule has 5 atom stereocenters. The van der Waals surface area contributed by atoms with Crippen LogP contribution in [0.25, 0.3) is 0 Å². The molecule has 3 aromatic carbocycles. The Morgan fingerprint density at radius 2 is 1.19 bits per heavy atom. The molecule has 2 fully saturated rings. The van der Waals surface area contributed by atoms with Crippen LogP contribution in [0.1, 0.15) is 31.1 Å². The molecule has 5 unspecified atom stereocenters. The van der Waals surface area contributed by atoms with E-state index in [1.165, 1.54) is 24.3 Å². The van der Waals surface area contributed by atoms with Gasteiger partial charge in [0.05, 0.1) is 22.4 Å². The SMILES string of the molecule is C=C1NC(=O)C(C2OC(COC(=O)c3ccccc3)C(OC(=O)c3ccccc3)C2OC(=O)c2ccccc2)NC1=O. The van der Waals surface area contributed by atoms with Gasteiger partial charge in [-0.1, -0.05) is 61.2 Å². The van der Waals surface area contributed by atoms with E-state index in [9.17, 15) is 24.0 Å². The van der Waals surface area contributed by atoms with Gasteiger partial charge >= 0.3 is 17.9 Å². The summed E-state index contributed by atoms with van der Waals surface area (Å²) in [6.07, 6.45) is -5.25. The molecular weight excluding hydrogens is 544 g/mol. The normalized spacial score (nSPS) is 23.3. The van der Waals surface area contributed by atoms with Gasteiger partial charge in [0.1, 0.15) is 24.9 Å². The Labute approximate surface area is 240 Å². The smallest absolute Gasteiger partial charge is 0.338 e. The molecule has 214 valence electrons. The van der Waals surface area contributed by atoms with Gasteiger partial charge in [-0.15, -0.1) is 0 Å². The standard InChI is InChI=1S/C31H26N2O9/c1-18-27(34)33-23(28(35)32-18)25-26(42-31(38)21-15-9-4-10-16-21)24(41-30(37)20-13-7-3-8-14-20)22(40-25)17-39-29(36)19-11-5-2-6-12-19/h2-16,22-26H,1,17H2,(H,32,35)(H,33,34). The number of piperazine rings is 1. The molecule has 2 amide bonds. The van der Waals surface area contributed by atoms with Gasteiger partial charge in [-0.05, 0) is 36.4 Å². The number of carbonyl (C=O) groups is 5. The quantitative estimate of drug-likeness (QED) is 0.236. The molecule has 11 nitrogen and oxygen atoms in total. The summed E-state index contributed by atoms with van der Waals surface area (Å²) in [4.78, 5) is 64.4. The van der Waals surface area contributed by atoms with Crippen LogP contribution in [0.15, 0.2) is 103 Å². The van der Waals surface area contributed by atoms with Crippen molar-refractivity contribution in [1.82, 2.24) is 10.6 Å². The van der Waals surface area contributed by atoms with Crippen LogP contribution in [0.2, 0.25) is 0 Å². The predicted octanol–water partition coefficient (Wildman–Crippen LogP) is 2.19. The van der Waals surface area contributed by atoms with Crippen molar-refractivity contribution in [3.05, 3.63) is 120 Å². The van der Waals surface area contributed by atoms with E-state index in [-0.39, 0.29) is 22.4 Å². The third kappa shape index (κ3) is 6.21. The highest BCUT2D eigenvalue weighted by Gasteiger charge is 2.55. The fourth-order valence-electron chi connectivity index (χ4n) is 4.59. The zero-order valence-corrected chi connectivity index (χ0v) is 22.1. The van der Waals surface area contributed by atoms with E-state index in [0.29, 0.717) is 0 Å². The lowest BCUT2D eigenvalue weighted by molar-refractivity contribution is -0.137. The Morgan fingerprint density at radius 1 is 0.714 bits per heavy atom. The molecule has 2 N–H and O–H groups in total. The van der Waals surface area contributed by atoms with Crippen molar-refractivity contribution in [1.29, 1.82) is 0 Å². The third-order valence-electron chi connectivity index (χ3n) is 6.69. The van der Waals surface area contributed by atoms with Gasteiger partial charge in [0.15, 0.2) is 12.2 Å². The first-order valence-corrected chi connectivity index (χ1v) is 13.0. The summed E-state index contributed by atoms with van der Waals surface area (Å²) in [6, 6.07) is 23.0. The first kappa shape index (κ1) is 28.2. The molecule has 0 aromatic heterocycles. The van der Waals surface area contributed by atoms with Gasteiger partial charge < -0.3 is 29.6 Å². The summed E-state index contributed by atoms with van der Waals surface area (Å²) in [5.74, 6) is -3.58. The van der Waals surface area contributed by atoms with Gasteiger partial charge in [-0.3, -0.25) is 9.59 Å². The van der Waals surface area contributed by atoms with Crippen LogP contribution >= 0.6 is 0 Å². The van der Waals surface area contributed by atoms with Gasteiger partial charge in [-0.2, -0.15) is 0 Å². The van der Waals surface area contributed by atoms with E-state index < -0.39 is 66.8 Å². The number of rotatable bonds is 8. The average molecular weight is 571 g/mol. The van der Waals surface area contributed by atoms with E-state index in [0.717, 1.165) is 0 Å². The van der Waals surface area contributed by atoms with Crippen molar-refractivity contribution in [2.75, 3.05) is 6.61 Å². The molecule has 2 aliphatic heterocycles. The predicted molar refractivity (Wildman–Crippen MR) is 146 cm³/mol. The number of benzene rings is 3. The van der Waals surface area contributed by atoms with E-state index in [1.54, 1.807) is 66.7 Å². The first-order valence-electron chi connectivity index (χ1n) is 13.0. The molecule has 42 heavy (non-hydrogen) atoms. The molecule has 0 radical (unpaired) electrons. The minimum absolute atomic E-state index is 0.174. The summed E-state index contributed by atoms with van der Waals surface area (Å²) in [7, 11) is 0. The Bertz CT molecular complexity index is 1490. The monoisotopic (exact) mass is 570 g/mol. The van der Waals surface area contributed by atoms with Crippen molar-refractivity contribution >= 4 is 29.7 Å². The number of hydrogen-bond donors (Lipinski definition) is 2. The lowest BCUT2D eigenvalue weighted by atomic mass is 9.99. The van der Waals surface area contributed by atoms with Crippen molar-refractivity contribution < 1.29 is 42.9 Å². The number of ether oxygens (including phenoxy) is 4. The minimum atomic E-state index is -1.40. The molecule has 0 spiro atoms. The van der Waals surface area contributed by atoms with Crippen LogP contribution in [0.3, 0.4) is 0 Å². The van der Waals surface area contributed by atoms with E-state index in [2.05, 4.69) is 17.2 Å². The maximum atomic E-state index is 13.2. The van der Waals surface area contributed by atoms with Gasteiger partial charge in [0, 0.05) is 0 Å². The van der Waals surface area contributed by atoms with Crippen molar-refractivity contribution in [3.63, 3.8) is 0 Å². The second kappa shape index (κ2) is 12.5. The van der Waals surface area contributed by atoms with Gasteiger partial charge in [0.25, 0.3) is 5.91 Å². The Balaban J connectivity index is 1.47. The molecule has 0 bridgehead atoms. The number of carbonyl (C=O) groups excluding carboxylic acids is 5. The highest BCUT2D eigenvalue weighted by atomic mass is 16.7. The topological polar surface area (TPSA) is 146 Å². The lowest BCUT2D eigenvalue weighted by Crippen LogP contribution is -2.62. The summed E-state index contributed by atoms with van der Waals surface area (Å²) >= 11 is 0. The van der Waals surface area contributed by atoms with Crippen LogP contribution in [0.4, 0.5) is 0 Å². The summed E-state index contributed by atoms with van der Waals surface area (Å²) in [5.41, 5.74) is 0.491. The molecule has 2 aliphatic rings. The fourth-order valence-corrected chi connectivity index (χ4v) is 4.59. The van der Waals surface area contributed by atoms with E-state index in [4.69, 9.17) is 18.9 Å². The highest BCUT2D eigenvalue weighted by molar-refractivity contribution is 6.04. The van der Waals surface area contributed by atoms with Crippen LogP contribution in [0, 0.1) is 0 Å². The van der Waals surface area contributed by atoms with Crippen LogP contribution in [0.5, 0.6) is 0 Å². The molecule has 3 aromatic rings. The van der Waals surface area contributed by atoms with Crippen molar-refractivity contribution in [3.8, 4) is 0 Å². The highest BCUT2D eigenvalue weighted by Crippen LogP contribution is 2.32. The van der Waals surface area contributed by atoms with Crippen molar-refractivity contribution in [2.24, 2.45) is 0 Å². The second-order valence-electron chi connectivity index (χ2n) is 9.49. The fraction of sp³-hybridized carbons (Fsp3) is 0.194. The largest absolute Gasteiger partial charge is 0.459 e. The third-order valence-corrected chi connectivity index (χ3v) is 6.69. The van der Waals surface area contributed by atoms with Gasteiger partial charge in [0.2, 0.25) is 5.91 Å². The number of hydrogen-bond acceptors (Lipinski definition) is 9. The Hall–Kier alpha value is -5.29. The maximum Gasteiger partial charge on any atom is 0.338 e. The van der Waals surface area contributed by atoms with Gasteiger partial charge in [-0.25, -0.2) is 14.4 Å². The summed E-state index contributed by atoms with van der Waals surface area (Å²) < 4.78 is 23.2. The average Bonchev–Trinajstić information content (AvgIpc) is 3.34. The Kier molecular flexibility index (Phi) is 8.39. The van der Waals surface area contributed by atoms with Crippen molar-refractivity contribution in [2.45, 2.75) is 30.5 Å². The first-order chi connectivity index (χ1) is 20.3. The second-order valence-corrected chi connectivity index (χ2v) is 9.49. The number of nitrogens with one attached hydrogen (secondary N) is 2.